The van der Waals surface area contributed by atoms with E-state index in [9.17, 15) is 4.79 Å². The fourth-order valence-corrected chi connectivity index (χ4v) is 3.30. The second-order valence-corrected chi connectivity index (χ2v) is 8.15. The van der Waals surface area contributed by atoms with E-state index < -0.39 is 7.12 Å². The minimum Gasteiger partial charge on any atom is -0.410 e. The van der Waals surface area contributed by atoms with Crippen molar-refractivity contribution in [2.24, 2.45) is 0 Å². The van der Waals surface area contributed by atoms with Gasteiger partial charge in [0, 0.05) is 13.1 Å². The summed E-state index contributed by atoms with van der Waals surface area (Å²) in [5.74, 6) is 0.510. The van der Waals surface area contributed by atoms with Gasteiger partial charge in [-0.1, -0.05) is 36.4 Å². The minimum absolute atomic E-state index is 0.338. The van der Waals surface area contributed by atoms with Gasteiger partial charge in [-0.2, -0.15) is 0 Å². The largest absolute Gasteiger partial charge is 0.494 e. The Labute approximate surface area is 160 Å². The monoisotopic (exact) mass is 365 g/mol. The molecule has 0 N–H and O–H groups in total. The van der Waals surface area contributed by atoms with Gasteiger partial charge in [-0.25, -0.2) is 4.79 Å². The Morgan fingerprint density at radius 3 is 1.96 bits per heavy atom. The van der Waals surface area contributed by atoms with E-state index in [4.69, 9.17) is 14.0 Å². The number of carbonyl (C=O) groups is 1. The molecule has 5 nitrogen and oxygen atoms in total. The van der Waals surface area contributed by atoms with Gasteiger partial charge in [0.1, 0.15) is 5.75 Å². The third kappa shape index (κ3) is 3.35. The van der Waals surface area contributed by atoms with Gasteiger partial charge in [0.15, 0.2) is 0 Å². The summed E-state index contributed by atoms with van der Waals surface area (Å²) < 4.78 is 17.6. The maximum Gasteiger partial charge on any atom is 0.494 e. The van der Waals surface area contributed by atoms with Crippen molar-refractivity contribution >= 4 is 18.7 Å². The Morgan fingerprint density at radius 2 is 1.44 bits per heavy atom. The van der Waals surface area contributed by atoms with Gasteiger partial charge >= 0.3 is 13.2 Å². The zero-order valence-electron chi connectivity index (χ0n) is 16.2. The lowest BCUT2D eigenvalue weighted by molar-refractivity contribution is 0.00578. The van der Waals surface area contributed by atoms with Crippen molar-refractivity contribution < 1.29 is 18.8 Å². The molecule has 1 saturated heterocycles. The lowest BCUT2D eigenvalue weighted by atomic mass is 9.79. The van der Waals surface area contributed by atoms with Crippen molar-refractivity contribution in [3.8, 4) is 5.75 Å². The molecule has 4 rings (SSSR count). The highest BCUT2D eigenvalue weighted by molar-refractivity contribution is 6.62. The smallest absolute Gasteiger partial charge is 0.410 e. The zero-order valence-corrected chi connectivity index (χ0v) is 16.2. The molecule has 0 saturated carbocycles. The van der Waals surface area contributed by atoms with Crippen LogP contribution in [0.4, 0.5) is 4.79 Å². The van der Waals surface area contributed by atoms with Crippen LogP contribution in [0, 0.1) is 0 Å². The Bertz CT molecular complexity index is 822. The van der Waals surface area contributed by atoms with Crippen LogP contribution in [0.5, 0.6) is 5.75 Å². The summed E-state index contributed by atoms with van der Waals surface area (Å²) in [6.45, 7) is 9.27. The quantitative estimate of drug-likeness (QED) is 0.765. The van der Waals surface area contributed by atoms with Crippen molar-refractivity contribution in [1.82, 2.24) is 4.90 Å². The molecule has 1 amide bonds. The number of amides is 1. The minimum atomic E-state index is -0.423. The van der Waals surface area contributed by atoms with E-state index in [0.717, 1.165) is 5.46 Å². The van der Waals surface area contributed by atoms with Crippen molar-refractivity contribution in [1.29, 1.82) is 0 Å². The number of fused-ring (bicyclic) bond motifs is 1. The first-order valence-corrected chi connectivity index (χ1v) is 9.24. The third-order valence-electron chi connectivity index (χ3n) is 5.71. The molecule has 0 radical (unpaired) electrons. The van der Waals surface area contributed by atoms with Crippen LogP contribution >= 0.6 is 0 Å². The van der Waals surface area contributed by atoms with Crippen LogP contribution in [-0.2, 0) is 22.4 Å². The first kappa shape index (κ1) is 18.1. The molecule has 2 heterocycles. The van der Waals surface area contributed by atoms with Gasteiger partial charge in [0.25, 0.3) is 0 Å². The van der Waals surface area contributed by atoms with E-state index in [-0.39, 0.29) is 17.3 Å². The van der Waals surface area contributed by atoms with Gasteiger partial charge in [0.05, 0.1) is 11.2 Å². The van der Waals surface area contributed by atoms with E-state index in [2.05, 4.69) is 0 Å². The van der Waals surface area contributed by atoms with Gasteiger partial charge in [-0.3, -0.25) is 4.90 Å². The fraction of sp³-hybridized carbons (Fsp3) is 0.381. The molecule has 27 heavy (non-hydrogen) atoms. The summed E-state index contributed by atoms with van der Waals surface area (Å²) in [4.78, 5) is 14.2. The molecule has 0 atom stereocenters. The van der Waals surface area contributed by atoms with Crippen molar-refractivity contribution in [3.05, 3.63) is 59.7 Å². The van der Waals surface area contributed by atoms with E-state index >= 15 is 0 Å². The summed E-state index contributed by atoms with van der Waals surface area (Å²) in [7, 11) is -0.423. The molecule has 2 aliphatic heterocycles. The number of rotatable bonds is 2. The SMILES string of the molecule is CC1(C)OB(c2ccc(OC(=O)N3Cc4ccccc4C3)cc2)OC1(C)C. The summed E-state index contributed by atoms with van der Waals surface area (Å²) >= 11 is 0. The van der Waals surface area contributed by atoms with Gasteiger partial charge in [0.2, 0.25) is 0 Å². The van der Waals surface area contributed by atoms with E-state index in [0.29, 0.717) is 18.8 Å². The fourth-order valence-electron chi connectivity index (χ4n) is 3.30. The first-order valence-electron chi connectivity index (χ1n) is 9.24. The number of carbonyl (C=O) groups excluding carboxylic acids is 1. The third-order valence-corrected chi connectivity index (χ3v) is 5.71. The molecular formula is C21H24BNO4. The van der Waals surface area contributed by atoms with Crippen LogP contribution in [0.25, 0.3) is 0 Å². The number of hydrogen-bond donors (Lipinski definition) is 0. The molecule has 0 unspecified atom stereocenters. The highest BCUT2D eigenvalue weighted by Crippen LogP contribution is 2.36. The highest BCUT2D eigenvalue weighted by atomic mass is 16.7. The van der Waals surface area contributed by atoms with Gasteiger partial charge < -0.3 is 14.0 Å². The van der Waals surface area contributed by atoms with Crippen LogP contribution in [0.2, 0.25) is 0 Å². The summed E-state index contributed by atoms with van der Waals surface area (Å²) in [5, 5.41) is 0. The van der Waals surface area contributed by atoms with Crippen molar-refractivity contribution in [2.75, 3.05) is 0 Å². The zero-order chi connectivity index (χ0) is 19.2. The molecule has 2 aromatic carbocycles. The Kier molecular flexibility index (Phi) is 4.28. The molecule has 140 valence electrons. The second-order valence-electron chi connectivity index (χ2n) is 8.15. The second kappa shape index (κ2) is 6.39. The maximum atomic E-state index is 12.4. The van der Waals surface area contributed by atoms with Crippen LogP contribution in [0.3, 0.4) is 0 Å². The summed E-state index contributed by atoms with van der Waals surface area (Å²) in [5.41, 5.74) is 2.49. The normalized spacial score (nSPS) is 19.9. The molecule has 0 bridgehead atoms. The summed E-state index contributed by atoms with van der Waals surface area (Å²) in [6.07, 6.45) is -0.338. The van der Waals surface area contributed by atoms with Gasteiger partial charge in [-0.15, -0.1) is 0 Å². The molecule has 0 aliphatic carbocycles. The molecular weight excluding hydrogens is 341 g/mol. The molecule has 0 aromatic heterocycles. The van der Waals surface area contributed by atoms with Crippen molar-refractivity contribution in [2.45, 2.75) is 52.0 Å². The number of hydrogen-bond acceptors (Lipinski definition) is 4. The predicted molar refractivity (Wildman–Crippen MR) is 104 cm³/mol. The lowest BCUT2D eigenvalue weighted by Gasteiger charge is -2.32. The average Bonchev–Trinajstić information content (AvgIpc) is 3.14. The number of benzene rings is 2. The number of nitrogens with zero attached hydrogens (tertiary/aromatic N) is 1. The summed E-state index contributed by atoms with van der Waals surface area (Å²) in [6, 6.07) is 15.4. The lowest BCUT2D eigenvalue weighted by Crippen LogP contribution is -2.41. The van der Waals surface area contributed by atoms with E-state index in [1.165, 1.54) is 11.1 Å². The van der Waals surface area contributed by atoms with E-state index in [1.807, 2.05) is 64.1 Å². The topological polar surface area (TPSA) is 48.0 Å². The maximum absolute atomic E-state index is 12.4. The van der Waals surface area contributed by atoms with E-state index in [1.54, 1.807) is 17.0 Å². The highest BCUT2D eigenvalue weighted by Gasteiger charge is 2.51. The van der Waals surface area contributed by atoms with Crippen LogP contribution in [0.1, 0.15) is 38.8 Å². The van der Waals surface area contributed by atoms with Crippen LogP contribution in [-0.4, -0.2) is 29.3 Å². The Balaban J connectivity index is 1.40. The number of ether oxygens (including phenoxy) is 1. The Hall–Kier alpha value is -2.31. The predicted octanol–water partition coefficient (Wildman–Crippen LogP) is 3.50. The molecule has 2 aromatic rings. The van der Waals surface area contributed by atoms with Gasteiger partial charge in [-0.05, 0) is 56.4 Å². The van der Waals surface area contributed by atoms with Crippen LogP contribution < -0.4 is 10.2 Å². The van der Waals surface area contributed by atoms with Crippen molar-refractivity contribution in [3.63, 3.8) is 0 Å². The average molecular weight is 365 g/mol. The van der Waals surface area contributed by atoms with Crippen LogP contribution in [0.15, 0.2) is 48.5 Å². The first-order chi connectivity index (χ1) is 12.7. The molecule has 2 aliphatic rings. The molecule has 6 heteroatoms. The standard InChI is InChI=1S/C21H24BNO4/c1-20(2)21(3,4)27-22(26-20)17-9-11-18(12-10-17)25-19(24)23-13-15-7-5-6-8-16(15)14-23/h5-12H,13-14H2,1-4H3. The molecule has 0 spiro atoms. The molecule has 1 fully saturated rings. The Morgan fingerprint density at radius 1 is 0.926 bits per heavy atom.